The van der Waals surface area contributed by atoms with E-state index in [4.69, 9.17) is 0 Å². The summed E-state index contributed by atoms with van der Waals surface area (Å²) in [6.45, 7) is 4.16. The molecule has 0 amide bonds. The number of hydrogen-bond donors (Lipinski definition) is 0. The Bertz CT molecular complexity index is 813. The quantitative estimate of drug-likeness (QED) is 0.359. The van der Waals surface area contributed by atoms with Crippen molar-refractivity contribution in [3.8, 4) is 0 Å². The molecule has 0 aliphatic heterocycles. The highest BCUT2D eigenvalue weighted by atomic mass is 79.9. The van der Waals surface area contributed by atoms with Crippen LogP contribution in [0.1, 0.15) is 19.4 Å². The van der Waals surface area contributed by atoms with E-state index in [2.05, 4.69) is 96.5 Å². The van der Waals surface area contributed by atoms with Gasteiger partial charge in [0, 0.05) is 4.47 Å². The van der Waals surface area contributed by atoms with Crippen molar-refractivity contribution >= 4 is 43.0 Å². The fraction of sp³-hybridized carbons (Fsp3) is 0.100. The third-order valence-corrected chi connectivity index (χ3v) is 4.67. The maximum absolute atomic E-state index is 3.79. The van der Waals surface area contributed by atoms with Crippen molar-refractivity contribution in [3.63, 3.8) is 0 Å². The van der Waals surface area contributed by atoms with E-state index >= 15 is 0 Å². The number of rotatable bonds is 2. The Morgan fingerprint density at radius 1 is 0.810 bits per heavy atom. The van der Waals surface area contributed by atoms with Crippen LogP contribution in [0.3, 0.4) is 0 Å². The van der Waals surface area contributed by atoms with E-state index in [1.54, 1.807) is 0 Å². The normalized spacial score (nSPS) is 12.6. The second-order valence-electron chi connectivity index (χ2n) is 5.02. The molecule has 0 aliphatic rings. The Hall–Kier alpha value is -1.86. The Morgan fingerprint density at radius 3 is 1.71 bits per heavy atom. The van der Waals surface area contributed by atoms with E-state index in [0.717, 1.165) is 0 Å². The molecule has 0 nitrogen and oxygen atoms in total. The minimum Gasteiger partial charge on any atom is -0.0871 e. The fourth-order valence-electron chi connectivity index (χ4n) is 2.89. The number of benzene rings is 3. The second-order valence-corrected chi connectivity index (χ2v) is 5.82. The van der Waals surface area contributed by atoms with Gasteiger partial charge in [0.2, 0.25) is 0 Å². The summed E-state index contributed by atoms with van der Waals surface area (Å²) >= 11 is 3.79. The van der Waals surface area contributed by atoms with E-state index in [0.29, 0.717) is 0 Å². The van der Waals surface area contributed by atoms with Gasteiger partial charge in [0.15, 0.2) is 0 Å². The van der Waals surface area contributed by atoms with Crippen molar-refractivity contribution < 1.29 is 0 Å². The molecular weight excluding hydrogens is 320 g/mol. The molecule has 0 aliphatic carbocycles. The summed E-state index contributed by atoms with van der Waals surface area (Å²) < 4.78 is 1.17. The first-order valence-electron chi connectivity index (χ1n) is 7.16. The van der Waals surface area contributed by atoms with E-state index < -0.39 is 0 Å². The molecule has 104 valence electrons. The van der Waals surface area contributed by atoms with Crippen LogP contribution in [0.25, 0.3) is 27.1 Å². The summed E-state index contributed by atoms with van der Waals surface area (Å²) in [5, 5.41) is 5.09. The van der Waals surface area contributed by atoms with Gasteiger partial charge in [-0.15, -0.1) is 0 Å². The smallest absolute Gasteiger partial charge is 0.0332 e. The highest BCUT2D eigenvalue weighted by molar-refractivity contribution is 9.10. The molecule has 0 saturated heterocycles. The van der Waals surface area contributed by atoms with Crippen molar-refractivity contribution in [1.82, 2.24) is 0 Å². The van der Waals surface area contributed by atoms with Gasteiger partial charge in [-0.2, -0.15) is 0 Å². The molecule has 0 saturated carbocycles. The lowest BCUT2D eigenvalue weighted by Gasteiger charge is -2.14. The molecule has 0 spiro atoms. The molecule has 0 unspecified atom stereocenters. The van der Waals surface area contributed by atoms with Gasteiger partial charge in [0.1, 0.15) is 0 Å². The lowest BCUT2D eigenvalue weighted by Crippen LogP contribution is -1.90. The summed E-state index contributed by atoms with van der Waals surface area (Å²) in [7, 11) is 0. The minimum absolute atomic E-state index is 1.17. The standard InChI is InChI=1S/C20H17Br/c1-3-9-14(4-2)19-15-10-5-7-12-17(15)20(21)18-13-8-6-11-16(18)19/h3-13H,1-2H3/b9-3-,14-4+. The molecule has 0 aromatic heterocycles. The van der Waals surface area contributed by atoms with Gasteiger partial charge >= 0.3 is 0 Å². The van der Waals surface area contributed by atoms with Gasteiger partial charge < -0.3 is 0 Å². The average Bonchev–Trinajstić information content (AvgIpc) is 2.54. The molecule has 3 rings (SSSR count). The molecule has 3 aromatic rings. The summed E-state index contributed by atoms with van der Waals surface area (Å²) in [6, 6.07) is 17.2. The predicted molar refractivity (Wildman–Crippen MR) is 97.6 cm³/mol. The van der Waals surface area contributed by atoms with Gasteiger partial charge in [-0.3, -0.25) is 0 Å². The Balaban J connectivity index is 2.57. The third-order valence-electron chi connectivity index (χ3n) is 3.81. The molecule has 1 heteroatoms. The SMILES string of the molecule is C/C=C\C(=C/C)c1c2ccccc2c(Br)c2ccccc12. The zero-order valence-electron chi connectivity index (χ0n) is 12.2. The van der Waals surface area contributed by atoms with Gasteiger partial charge in [-0.05, 0) is 62.5 Å². The summed E-state index contributed by atoms with van der Waals surface area (Å²) in [5.41, 5.74) is 2.57. The van der Waals surface area contributed by atoms with E-state index in [1.807, 2.05) is 0 Å². The molecule has 0 fully saturated rings. The van der Waals surface area contributed by atoms with Gasteiger partial charge in [-0.1, -0.05) is 66.8 Å². The van der Waals surface area contributed by atoms with Crippen LogP contribution in [0, 0.1) is 0 Å². The fourth-order valence-corrected chi connectivity index (χ4v) is 3.58. The Kier molecular flexibility index (Phi) is 3.94. The first kappa shape index (κ1) is 14.1. The van der Waals surface area contributed by atoms with Gasteiger partial charge in [0.05, 0.1) is 0 Å². The Labute approximate surface area is 133 Å². The lowest BCUT2D eigenvalue weighted by atomic mass is 9.91. The molecule has 0 bridgehead atoms. The van der Waals surface area contributed by atoms with Crippen LogP contribution >= 0.6 is 15.9 Å². The van der Waals surface area contributed by atoms with Crippen LogP contribution in [0.5, 0.6) is 0 Å². The van der Waals surface area contributed by atoms with Gasteiger partial charge in [0.25, 0.3) is 0 Å². The highest BCUT2D eigenvalue weighted by Crippen LogP contribution is 2.39. The summed E-state index contributed by atoms with van der Waals surface area (Å²) in [6.07, 6.45) is 6.46. The van der Waals surface area contributed by atoms with Crippen molar-refractivity contribution in [1.29, 1.82) is 0 Å². The van der Waals surface area contributed by atoms with Crippen molar-refractivity contribution in [2.45, 2.75) is 13.8 Å². The zero-order valence-corrected chi connectivity index (χ0v) is 13.8. The van der Waals surface area contributed by atoms with Crippen LogP contribution in [0.2, 0.25) is 0 Å². The molecule has 3 aromatic carbocycles. The number of halogens is 1. The molecular formula is C20H17Br. The first-order valence-corrected chi connectivity index (χ1v) is 7.95. The van der Waals surface area contributed by atoms with Crippen LogP contribution in [-0.4, -0.2) is 0 Å². The molecule has 0 N–H and O–H groups in total. The van der Waals surface area contributed by atoms with Crippen molar-refractivity contribution in [2.75, 3.05) is 0 Å². The lowest BCUT2D eigenvalue weighted by molar-refractivity contribution is 1.64. The topological polar surface area (TPSA) is 0 Å². The Morgan fingerprint density at radius 2 is 1.29 bits per heavy atom. The molecule has 0 atom stereocenters. The summed E-state index contributed by atoms with van der Waals surface area (Å²) in [5.74, 6) is 0. The predicted octanol–water partition coefficient (Wildman–Crippen LogP) is 6.73. The first-order chi connectivity index (χ1) is 10.3. The van der Waals surface area contributed by atoms with Crippen LogP contribution in [0.15, 0.2) is 71.2 Å². The van der Waals surface area contributed by atoms with E-state index in [9.17, 15) is 0 Å². The highest BCUT2D eigenvalue weighted by Gasteiger charge is 2.13. The number of allylic oxidation sites excluding steroid dienone is 4. The van der Waals surface area contributed by atoms with E-state index in [1.165, 1.54) is 37.2 Å². The molecule has 0 heterocycles. The maximum atomic E-state index is 3.79. The maximum Gasteiger partial charge on any atom is 0.0332 e. The van der Waals surface area contributed by atoms with Crippen LogP contribution < -0.4 is 0 Å². The van der Waals surface area contributed by atoms with Crippen LogP contribution in [-0.2, 0) is 0 Å². The monoisotopic (exact) mass is 336 g/mol. The minimum atomic E-state index is 1.17. The van der Waals surface area contributed by atoms with Gasteiger partial charge in [-0.25, -0.2) is 0 Å². The van der Waals surface area contributed by atoms with Crippen molar-refractivity contribution in [3.05, 3.63) is 76.8 Å². The zero-order chi connectivity index (χ0) is 14.8. The largest absolute Gasteiger partial charge is 0.0871 e. The summed E-state index contributed by atoms with van der Waals surface area (Å²) in [4.78, 5) is 0. The third kappa shape index (κ3) is 2.32. The number of fused-ring (bicyclic) bond motifs is 2. The average molecular weight is 337 g/mol. The number of hydrogen-bond acceptors (Lipinski definition) is 0. The second kappa shape index (κ2) is 5.87. The van der Waals surface area contributed by atoms with Crippen molar-refractivity contribution in [2.24, 2.45) is 0 Å². The van der Waals surface area contributed by atoms with Crippen LogP contribution in [0.4, 0.5) is 0 Å². The molecule has 21 heavy (non-hydrogen) atoms. The molecule has 0 radical (unpaired) electrons. The van der Waals surface area contributed by atoms with E-state index in [-0.39, 0.29) is 0 Å².